The molecule has 1 fully saturated rings. The third-order valence-electron chi connectivity index (χ3n) is 4.72. The van der Waals surface area contributed by atoms with Gasteiger partial charge in [-0.2, -0.15) is 0 Å². The molecule has 1 aliphatic rings. The van der Waals surface area contributed by atoms with Gasteiger partial charge in [0.25, 0.3) is 10.9 Å². The molecule has 1 saturated heterocycles. The van der Waals surface area contributed by atoms with Crippen molar-refractivity contribution < 1.29 is 19.9 Å². The summed E-state index contributed by atoms with van der Waals surface area (Å²) in [5.74, 6) is -2.01. The van der Waals surface area contributed by atoms with Crippen molar-refractivity contribution in [3.05, 3.63) is 50.3 Å². The van der Waals surface area contributed by atoms with Crippen LogP contribution in [0, 0.1) is 0 Å². The fraction of sp³-hybridized carbons (Fsp3) is 0.267. The van der Waals surface area contributed by atoms with Crippen LogP contribution >= 0.6 is 0 Å². The Hall–Kier alpha value is -2.69. The van der Waals surface area contributed by atoms with Gasteiger partial charge in [0.15, 0.2) is 0 Å². The molecule has 9 nitrogen and oxygen atoms in total. The van der Waals surface area contributed by atoms with Crippen LogP contribution in [0.1, 0.15) is 11.5 Å². The first kappa shape index (κ1) is 17.1. The van der Waals surface area contributed by atoms with Crippen molar-refractivity contribution in [2.75, 3.05) is 23.7 Å². The molecule has 0 bridgehead atoms. The van der Waals surface area contributed by atoms with Crippen molar-refractivity contribution in [2.45, 2.75) is 11.5 Å². The molecule has 0 saturated carbocycles. The Morgan fingerprint density at radius 1 is 1.28 bits per heavy atom. The fourth-order valence-corrected chi connectivity index (χ4v) is 3.31. The smallest absolute Gasteiger partial charge is 0.480 e. The Bertz CT molecular complexity index is 922. The molecule has 2 atom stereocenters. The Morgan fingerprint density at radius 3 is 2.52 bits per heavy atom. The van der Waals surface area contributed by atoms with E-state index in [0.717, 1.165) is 0 Å². The van der Waals surface area contributed by atoms with Crippen LogP contribution in [0.25, 0.3) is 0 Å². The van der Waals surface area contributed by atoms with Crippen LogP contribution in [0.2, 0.25) is 0 Å². The van der Waals surface area contributed by atoms with E-state index in [1.165, 1.54) is 17.0 Å². The minimum absolute atomic E-state index is 0.0121. The van der Waals surface area contributed by atoms with Crippen LogP contribution in [0.3, 0.4) is 0 Å². The van der Waals surface area contributed by atoms with Crippen molar-refractivity contribution in [1.29, 1.82) is 0 Å². The highest BCUT2D eigenvalue weighted by molar-refractivity contribution is 6.58. The van der Waals surface area contributed by atoms with E-state index in [4.69, 9.17) is 11.5 Å². The quantitative estimate of drug-likeness (QED) is 0.285. The number of anilines is 2. The predicted octanol–water partition coefficient (Wildman–Crippen LogP) is -3.07. The summed E-state index contributed by atoms with van der Waals surface area (Å²) in [6.45, 7) is -0.142. The van der Waals surface area contributed by atoms with Crippen LogP contribution < -0.4 is 32.7 Å². The lowest BCUT2D eigenvalue weighted by Gasteiger charge is -2.26. The first-order valence-corrected chi connectivity index (χ1v) is 7.48. The molecule has 2 unspecified atom stereocenters. The topological polar surface area (TPSA) is 167 Å². The summed E-state index contributed by atoms with van der Waals surface area (Å²) in [6.07, 6.45) is 0. The highest BCUT2D eigenvalue weighted by Gasteiger charge is 2.51. The molecule has 2 aromatic carbocycles. The molecule has 2 aromatic rings. The lowest BCUT2D eigenvalue weighted by atomic mass is 9.76. The van der Waals surface area contributed by atoms with E-state index in [2.05, 4.69) is 0 Å². The molecule has 25 heavy (non-hydrogen) atoms. The number of rotatable bonds is 4. The maximum atomic E-state index is 11.8. The third-order valence-corrected chi connectivity index (χ3v) is 4.72. The summed E-state index contributed by atoms with van der Waals surface area (Å²) in [5, 5.41) is 28.2. The van der Waals surface area contributed by atoms with Gasteiger partial charge in [0.2, 0.25) is 0 Å². The van der Waals surface area contributed by atoms with Gasteiger partial charge in [-0.1, -0.05) is 24.3 Å². The Labute approximate surface area is 141 Å². The van der Waals surface area contributed by atoms with Crippen molar-refractivity contribution in [1.82, 2.24) is 0 Å². The number of benzene rings is 1. The predicted molar refractivity (Wildman–Crippen MR) is 91.5 cm³/mol. The van der Waals surface area contributed by atoms with E-state index < -0.39 is 35.4 Å². The maximum absolute atomic E-state index is 11.8. The maximum Gasteiger partial charge on any atom is 0.488 e. The van der Waals surface area contributed by atoms with Crippen LogP contribution in [0.5, 0.6) is 0 Å². The van der Waals surface area contributed by atoms with Gasteiger partial charge in [0.05, 0.1) is 0 Å². The minimum atomic E-state index is -1.73. The molecular formula is C15H16BN3O6. The lowest BCUT2D eigenvalue weighted by molar-refractivity contribution is -0.143. The van der Waals surface area contributed by atoms with Crippen molar-refractivity contribution in [3.8, 4) is 0 Å². The van der Waals surface area contributed by atoms with Crippen molar-refractivity contribution in [2.24, 2.45) is 5.73 Å². The molecule has 10 heteroatoms. The first-order valence-electron chi connectivity index (χ1n) is 7.48. The van der Waals surface area contributed by atoms with Gasteiger partial charge in [-0.25, -0.2) is 0 Å². The number of hydrogen-bond donors (Lipinski definition) is 5. The SMILES string of the molecule is Nc1c(N2CC(c3cccc(B(O)O)c3)C(N)(C(=O)O)C2)c(=O)c1=O. The number of carboxylic acid groups (broad SMARTS) is 1. The van der Waals surface area contributed by atoms with Gasteiger partial charge in [0, 0.05) is 19.0 Å². The summed E-state index contributed by atoms with van der Waals surface area (Å²) in [4.78, 5) is 36.3. The normalized spacial score (nSPS) is 23.2. The van der Waals surface area contributed by atoms with Gasteiger partial charge in [-0.3, -0.25) is 14.4 Å². The first-order chi connectivity index (χ1) is 11.7. The molecule has 130 valence electrons. The van der Waals surface area contributed by atoms with E-state index in [9.17, 15) is 29.5 Å². The molecule has 1 heterocycles. The van der Waals surface area contributed by atoms with Crippen molar-refractivity contribution >= 4 is 29.9 Å². The fourth-order valence-electron chi connectivity index (χ4n) is 3.31. The second-order valence-corrected chi connectivity index (χ2v) is 6.24. The number of hydrogen-bond acceptors (Lipinski definition) is 8. The van der Waals surface area contributed by atoms with Crippen LogP contribution in [-0.2, 0) is 4.79 Å². The van der Waals surface area contributed by atoms with E-state index >= 15 is 0 Å². The van der Waals surface area contributed by atoms with Gasteiger partial charge < -0.3 is 31.5 Å². The second kappa shape index (κ2) is 5.69. The van der Waals surface area contributed by atoms with Crippen molar-refractivity contribution in [3.63, 3.8) is 0 Å². The zero-order chi connectivity index (χ0) is 18.5. The third kappa shape index (κ3) is 2.51. The molecule has 0 aliphatic carbocycles. The van der Waals surface area contributed by atoms with Crippen LogP contribution in [-0.4, -0.2) is 46.9 Å². The summed E-state index contributed by atoms with van der Waals surface area (Å²) < 4.78 is 0. The molecule has 0 aromatic heterocycles. The second-order valence-electron chi connectivity index (χ2n) is 6.24. The summed E-state index contributed by atoms with van der Waals surface area (Å²) in [6, 6.07) is 6.11. The Morgan fingerprint density at radius 2 is 1.96 bits per heavy atom. The summed E-state index contributed by atoms with van der Waals surface area (Å²) in [7, 11) is -1.71. The zero-order valence-corrected chi connectivity index (χ0v) is 13.0. The molecule has 7 N–H and O–H groups in total. The van der Waals surface area contributed by atoms with E-state index in [0.29, 0.717) is 5.56 Å². The summed E-state index contributed by atoms with van der Waals surface area (Å²) in [5.41, 5.74) is 8.86. The number of carbonyl (C=O) groups is 1. The number of aliphatic carboxylic acids is 1. The lowest BCUT2D eigenvalue weighted by Crippen LogP contribution is -2.54. The van der Waals surface area contributed by atoms with Gasteiger partial charge in [-0.05, 0) is 11.0 Å². The monoisotopic (exact) mass is 345 g/mol. The standard InChI is InChI=1S/C15H16BN3O6/c17-10-11(13(21)12(10)20)19-5-9(15(18,6-19)14(22)23)7-2-1-3-8(4-7)16(24)25/h1-4,9,24-25H,5-6,17-18H2,(H,22,23). The number of nitrogen functional groups attached to an aromatic ring is 1. The molecule has 0 amide bonds. The van der Waals surface area contributed by atoms with E-state index in [1.807, 2.05) is 0 Å². The Balaban J connectivity index is 2.03. The molecule has 0 radical (unpaired) electrons. The molecule has 0 spiro atoms. The molecular weight excluding hydrogens is 329 g/mol. The molecule has 3 rings (SSSR count). The van der Waals surface area contributed by atoms with E-state index in [1.54, 1.807) is 12.1 Å². The zero-order valence-electron chi connectivity index (χ0n) is 13.0. The van der Waals surface area contributed by atoms with Gasteiger partial charge >= 0.3 is 13.1 Å². The van der Waals surface area contributed by atoms with E-state index in [-0.39, 0.29) is 29.9 Å². The summed E-state index contributed by atoms with van der Waals surface area (Å²) >= 11 is 0. The highest BCUT2D eigenvalue weighted by Crippen LogP contribution is 2.37. The average molecular weight is 345 g/mol. The molecule has 1 aliphatic heterocycles. The number of nitrogens with zero attached hydrogens (tertiary/aromatic N) is 1. The van der Waals surface area contributed by atoms with Crippen LogP contribution in [0.15, 0.2) is 33.9 Å². The average Bonchev–Trinajstić information content (AvgIpc) is 2.93. The number of carboxylic acids is 1. The minimum Gasteiger partial charge on any atom is -0.480 e. The number of nitrogens with two attached hydrogens (primary N) is 2. The Kier molecular flexibility index (Phi) is 3.90. The van der Waals surface area contributed by atoms with Gasteiger partial charge in [-0.15, -0.1) is 0 Å². The largest absolute Gasteiger partial charge is 0.488 e. The van der Waals surface area contributed by atoms with Gasteiger partial charge in [0.1, 0.15) is 16.9 Å². The highest BCUT2D eigenvalue weighted by atomic mass is 16.4. The van der Waals surface area contributed by atoms with Crippen LogP contribution in [0.4, 0.5) is 11.4 Å².